The number of carboxylic acids is 1. The summed E-state index contributed by atoms with van der Waals surface area (Å²) in [6.45, 7) is 0. The Morgan fingerprint density at radius 1 is 1.14 bits per heavy atom. The highest BCUT2D eigenvalue weighted by Crippen LogP contribution is 2.64. The summed E-state index contributed by atoms with van der Waals surface area (Å²) in [5.41, 5.74) is 1.15. The van der Waals surface area contributed by atoms with Crippen molar-refractivity contribution in [2.75, 3.05) is 0 Å². The molecule has 4 fully saturated rings. The van der Waals surface area contributed by atoms with Crippen molar-refractivity contribution in [3.63, 3.8) is 0 Å². The summed E-state index contributed by atoms with van der Waals surface area (Å²) in [7, 11) is 0. The molecule has 22 heavy (non-hydrogen) atoms. The van der Waals surface area contributed by atoms with Crippen LogP contribution in [0.4, 0.5) is 5.69 Å². The number of hydrogen-bond donors (Lipinski definition) is 1. The molecular formula is C18H21NO3. The molecule has 4 nitrogen and oxygen atoms in total. The number of hydrogen-bond acceptors (Lipinski definition) is 3. The van der Waals surface area contributed by atoms with Gasteiger partial charge in [-0.3, -0.25) is 4.79 Å². The van der Waals surface area contributed by atoms with E-state index in [2.05, 4.69) is 5.18 Å². The molecule has 4 heteroatoms. The third-order valence-corrected chi connectivity index (χ3v) is 6.53. The van der Waals surface area contributed by atoms with Gasteiger partial charge in [0.2, 0.25) is 0 Å². The van der Waals surface area contributed by atoms with Crippen molar-refractivity contribution < 1.29 is 9.90 Å². The third-order valence-electron chi connectivity index (χ3n) is 6.53. The van der Waals surface area contributed by atoms with Crippen molar-refractivity contribution in [3.05, 3.63) is 34.7 Å². The van der Waals surface area contributed by atoms with Crippen LogP contribution in [-0.4, -0.2) is 11.1 Å². The molecule has 0 unspecified atom stereocenters. The number of rotatable bonds is 4. The van der Waals surface area contributed by atoms with Gasteiger partial charge in [-0.05, 0) is 78.6 Å². The first kappa shape index (κ1) is 13.9. The van der Waals surface area contributed by atoms with Gasteiger partial charge in [-0.2, -0.15) is 0 Å². The first-order valence-corrected chi connectivity index (χ1v) is 8.27. The van der Waals surface area contributed by atoms with E-state index in [4.69, 9.17) is 0 Å². The molecule has 1 aromatic carbocycles. The number of benzene rings is 1. The fourth-order valence-electron chi connectivity index (χ4n) is 5.99. The second kappa shape index (κ2) is 4.90. The maximum Gasteiger partial charge on any atom is 0.304 e. The van der Waals surface area contributed by atoms with E-state index in [1.165, 1.54) is 6.42 Å². The lowest BCUT2D eigenvalue weighted by Crippen LogP contribution is -2.56. The van der Waals surface area contributed by atoms with E-state index < -0.39 is 5.97 Å². The highest BCUT2D eigenvalue weighted by atomic mass is 16.4. The molecule has 1 aromatic rings. The van der Waals surface area contributed by atoms with Crippen LogP contribution in [0.3, 0.4) is 0 Å². The number of nitroso groups, excluding NO2 is 1. The zero-order chi connectivity index (χ0) is 15.3. The molecule has 0 atom stereocenters. The second-order valence-corrected chi connectivity index (χ2v) is 7.56. The maximum atomic E-state index is 11.6. The van der Waals surface area contributed by atoms with E-state index in [0.717, 1.165) is 43.1 Å². The molecule has 0 aliphatic heterocycles. The van der Waals surface area contributed by atoms with Crippen LogP contribution >= 0.6 is 0 Å². The largest absolute Gasteiger partial charge is 0.481 e. The van der Waals surface area contributed by atoms with E-state index in [-0.39, 0.29) is 11.8 Å². The molecule has 4 bridgehead atoms. The average Bonchev–Trinajstić information content (AvgIpc) is 2.50. The van der Waals surface area contributed by atoms with Crippen molar-refractivity contribution in [2.45, 2.75) is 43.9 Å². The molecule has 0 heterocycles. The van der Waals surface area contributed by atoms with Gasteiger partial charge < -0.3 is 5.11 Å². The number of carboxylic acid groups (broad SMARTS) is 1. The maximum absolute atomic E-state index is 11.6. The minimum absolute atomic E-state index is 0.185. The second-order valence-electron chi connectivity index (χ2n) is 7.56. The van der Waals surface area contributed by atoms with Crippen molar-refractivity contribution in [3.8, 4) is 0 Å². The Labute approximate surface area is 129 Å². The average molecular weight is 299 g/mol. The minimum atomic E-state index is -0.725. The Balaban J connectivity index is 1.83. The van der Waals surface area contributed by atoms with Crippen molar-refractivity contribution in [1.29, 1.82) is 0 Å². The van der Waals surface area contributed by atoms with Gasteiger partial charge in [0.1, 0.15) is 5.69 Å². The van der Waals surface area contributed by atoms with Crippen molar-refractivity contribution in [2.24, 2.45) is 28.8 Å². The van der Waals surface area contributed by atoms with E-state index in [1.807, 2.05) is 18.2 Å². The molecule has 4 aliphatic rings. The van der Waals surface area contributed by atoms with E-state index in [1.54, 1.807) is 6.07 Å². The van der Waals surface area contributed by atoms with Crippen molar-refractivity contribution in [1.82, 2.24) is 0 Å². The van der Waals surface area contributed by atoms with Gasteiger partial charge in [0, 0.05) is 5.41 Å². The van der Waals surface area contributed by atoms with Crippen LogP contribution in [-0.2, 0) is 10.2 Å². The number of carbonyl (C=O) groups is 1. The molecule has 4 saturated carbocycles. The molecule has 0 spiro atoms. The summed E-state index contributed by atoms with van der Waals surface area (Å²) < 4.78 is 0. The predicted octanol–water partition coefficient (Wildman–Crippen LogP) is 4.25. The van der Waals surface area contributed by atoms with Gasteiger partial charge >= 0.3 is 5.97 Å². The molecule has 116 valence electrons. The normalized spacial score (nSPS) is 38.9. The lowest BCUT2D eigenvalue weighted by Gasteiger charge is -2.61. The molecule has 0 saturated heterocycles. The van der Waals surface area contributed by atoms with Gasteiger partial charge in [0.25, 0.3) is 0 Å². The number of nitrogens with zero attached hydrogens (tertiary/aromatic N) is 1. The van der Waals surface area contributed by atoms with Gasteiger partial charge in [-0.15, -0.1) is 4.91 Å². The van der Waals surface area contributed by atoms with Crippen LogP contribution in [0.15, 0.2) is 29.4 Å². The van der Waals surface area contributed by atoms with Crippen LogP contribution in [0.2, 0.25) is 0 Å². The zero-order valence-corrected chi connectivity index (χ0v) is 12.6. The molecule has 5 rings (SSSR count). The van der Waals surface area contributed by atoms with Gasteiger partial charge in [-0.1, -0.05) is 12.1 Å². The molecule has 1 N–H and O–H groups in total. The Hall–Kier alpha value is -1.71. The van der Waals surface area contributed by atoms with Crippen LogP contribution in [0.1, 0.15) is 44.1 Å². The predicted molar refractivity (Wildman–Crippen MR) is 82.9 cm³/mol. The number of aliphatic carboxylic acids is 1. The summed E-state index contributed by atoms with van der Waals surface area (Å²) in [6, 6.07) is 7.39. The fourth-order valence-corrected chi connectivity index (χ4v) is 5.99. The van der Waals surface area contributed by atoms with E-state index >= 15 is 0 Å². The highest BCUT2D eigenvalue weighted by Gasteiger charge is 2.58. The Kier molecular flexibility index (Phi) is 3.10. The summed E-state index contributed by atoms with van der Waals surface area (Å²) in [4.78, 5) is 22.5. The minimum Gasteiger partial charge on any atom is -0.481 e. The third kappa shape index (κ3) is 1.93. The molecule has 0 aromatic heterocycles. The molecular weight excluding hydrogens is 278 g/mol. The van der Waals surface area contributed by atoms with Gasteiger partial charge in [-0.25, -0.2) is 0 Å². The first-order chi connectivity index (χ1) is 10.6. The highest BCUT2D eigenvalue weighted by molar-refractivity contribution is 5.70. The zero-order valence-electron chi connectivity index (χ0n) is 12.6. The summed E-state index contributed by atoms with van der Waals surface area (Å²) in [6.07, 6.45) is 6.13. The lowest BCUT2D eigenvalue weighted by atomic mass is 9.43. The Morgan fingerprint density at radius 2 is 1.77 bits per heavy atom. The van der Waals surface area contributed by atoms with Gasteiger partial charge in [0.15, 0.2) is 0 Å². The first-order valence-electron chi connectivity index (χ1n) is 8.27. The quantitative estimate of drug-likeness (QED) is 0.845. The standard InChI is InChI=1S/C18H21NO3/c20-17(21)10-18(13-2-1-3-16(9-13)19-22)14-5-11-4-12(7-14)8-15(18)6-11/h1-3,9,11-12,14-15H,4-8,10H2,(H,20,21). The monoisotopic (exact) mass is 299 g/mol. The lowest BCUT2D eigenvalue weighted by molar-refractivity contribution is -0.144. The Bertz CT molecular complexity index is 597. The van der Waals surface area contributed by atoms with Gasteiger partial charge in [0.05, 0.1) is 6.42 Å². The van der Waals surface area contributed by atoms with E-state index in [0.29, 0.717) is 17.5 Å². The summed E-state index contributed by atoms with van der Waals surface area (Å²) in [5, 5.41) is 12.6. The molecule has 0 radical (unpaired) electrons. The van der Waals surface area contributed by atoms with Crippen LogP contribution < -0.4 is 0 Å². The van der Waals surface area contributed by atoms with Crippen LogP contribution in [0.25, 0.3) is 0 Å². The smallest absolute Gasteiger partial charge is 0.304 e. The fraction of sp³-hybridized carbons (Fsp3) is 0.611. The molecule has 4 aliphatic carbocycles. The summed E-state index contributed by atoms with van der Waals surface area (Å²) >= 11 is 0. The van der Waals surface area contributed by atoms with Crippen molar-refractivity contribution >= 4 is 11.7 Å². The van der Waals surface area contributed by atoms with Crippen LogP contribution in [0.5, 0.6) is 0 Å². The summed E-state index contributed by atoms with van der Waals surface area (Å²) in [5.74, 6) is 1.74. The Morgan fingerprint density at radius 3 is 2.32 bits per heavy atom. The topological polar surface area (TPSA) is 66.7 Å². The van der Waals surface area contributed by atoms with Crippen LogP contribution in [0, 0.1) is 28.6 Å². The van der Waals surface area contributed by atoms with E-state index in [9.17, 15) is 14.8 Å². The SMILES string of the molecule is O=Nc1cccc(C2(CC(=O)O)C3CC4CC(C3)CC2C4)c1. The molecule has 0 amide bonds.